The van der Waals surface area contributed by atoms with Gasteiger partial charge in [-0.25, -0.2) is 0 Å². The van der Waals surface area contributed by atoms with Crippen LogP contribution < -0.4 is 0 Å². The van der Waals surface area contributed by atoms with Crippen LogP contribution in [0.15, 0.2) is 58.9 Å². The van der Waals surface area contributed by atoms with Crippen LogP contribution in [-0.2, 0) is 19.3 Å². The number of halogens is 1. The highest BCUT2D eigenvalue weighted by atomic mass is 127. The van der Waals surface area contributed by atoms with Crippen molar-refractivity contribution in [3.8, 4) is 0 Å². The van der Waals surface area contributed by atoms with Gasteiger partial charge in [-0.2, -0.15) is 0 Å². The Morgan fingerprint density at radius 2 is 1.92 bits per heavy atom. The average Bonchev–Trinajstić information content (AvgIpc) is 2.63. The molecule has 136 valence electrons. The Morgan fingerprint density at radius 1 is 1.19 bits per heavy atom. The fraction of sp³-hybridized carbons (Fsp3) is 0.333. The van der Waals surface area contributed by atoms with Crippen molar-refractivity contribution in [1.29, 1.82) is 0 Å². The molecule has 2 heteroatoms. The molecule has 0 heterocycles. The lowest BCUT2D eigenvalue weighted by molar-refractivity contribution is 0.547. The first-order valence-electron chi connectivity index (χ1n) is 9.27. The van der Waals surface area contributed by atoms with Crippen molar-refractivity contribution in [1.82, 2.24) is 0 Å². The van der Waals surface area contributed by atoms with E-state index in [0.29, 0.717) is 5.92 Å². The van der Waals surface area contributed by atoms with Crippen LogP contribution in [0.5, 0.6) is 0 Å². The molecule has 1 unspecified atom stereocenters. The van der Waals surface area contributed by atoms with E-state index in [0.717, 1.165) is 12.8 Å². The highest BCUT2D eigenvalue weighted by Crippen LogP contribution is 2.35. The maximum atomic E-state index is 4.39. The van der Waals surface area contributed by atoms with Crippen molar-refractivity contribution in [2.24, 2.45) is 5.92 Å². The lowest BCUT2D eigenvalue weighted by Gasteiger charge is -2.25. The van der Waals surface area contributed by atoms with E-state index < -0.39 is 0 Å². The average molecular weight is 474 g/mol. The summed E-state index contributed by atoms with van der Waals surface area (Å²) in [6, 6.07) is 13.5. The van der Waals surface area contributed by atoms with Gasteiger partial charge >= 0.3 is 0 Å². The topological polar surface area (TPSA) is 0 Å². The van der Waals surface area contributed by atoms with E-state index in [2.05, 4.69) is 91.7 Å². The Balaban J connectivity index is 1.61. The van der Waals surface area contributed by atoms with E-state index >= 15 is 0 Å². The number of hydrogen-bond donors (Lipinski definition) is 0. The summed E-state index contributed by atoms with van der Waals surface area (Å²) in [7, 11) is 0. The molecular formula is C24H27IS. The second-order valence-corrected chi connectivity index (χ2v) is 9.62. The minimum atomic E-state index is 0.598. The second kappa shape index (κ2) is 8.79. The molecule has 0 aromatic heterocycles. The van der Waals surface area contributed by atoms with Crippen LogP contribution in [0.2, 0.25) is 0 Å². The van der Waals surface area contributed by atoms with Gasteiger partial charge in [0.2, 0.25) is 0 Å². The van der Waals surface area contributed by atoms with Crippen molar-refractivity contribution in [2.75, 3.05) is 0 Å². The zero-order valence-corrected chi connectivity index (χ0v) is 18.9. The number of allylic oxidation sites excluding steroid dienone is 2. The first kappa shape index (κ1) is 19.8. The van der Waals surface area contributed by atoms with Gasteiger partial charge in [0, 0.05) is 3.57 Å². The summed E-state index contributed by atoms with van der Waals surface area (Å²) in [5, 5.41) is 2.32. The van der Waals surface area contributed by atoms with Crippen molar-refractivity contribution in [3.63, 3.8) is 0 Å². The van der Waals surface area contributed by atoms with E-state index in [-0.39, 0.29) is 0 Å². The van der Waals surface area contributed by atoms with Gasteiger partial charge in [0.25, 0.3) is 0 Å². The van der Waals surface area contributed by atoms with Crippen molar-refractivity contribution in [2.45, 2.75) is 46.5 Å². The molecule has 1 atom stereocenters. The van der Waals surface area contributed by atoms with Gasteiger partial charge in [0.05, 0.1) is 0 Å². The molecule has 0 aliphatic heterocycles. The fourth-order valence-electron chi connectivity index (χ4n) is 3.62. The highest BCUT2D eigenvalue weighted by Gasteiger charge is 2.20. The lowest BCUT2D eigenvalue weighted by Crippen LogP contribution is -2.14. The summed E-state index contributed by atoms with van der Waals surface area (Å²) in [6.45, 7) is 11.0. The molecule has 2 aromatic rings. The summed E-state index contributed by atoms with van der Waals surface area (Å²) in [5.74, 6) is 0.598. The van der Waals surface area contributed by atoms with Gasteiger partial charge in [-0.15, -0.1) is 11.8 Å². The Bertz CT molecular complexity index is 847. The number of fused-ring (bicyclic) bond motifs is 1. The zero-order chi connectivity index (χ0) is 18.7. The molecule has 0 saturated carbocycles. The molecule has 1 aliphatic carbocycles. The van der Waals surface area contributed by atoms with Crippen LogP contribution in [0.4, 0.5) is 0 Å². The molecule has 0 nitrogen and oxygen atoms in total. The molecule has 26 heavy (non-hydrogen) atoms. The van der Waals surface area contributed by atoms with E-state index in [9.17, 15) is 0 Å². The third-order valence-corrected chi connectivity index (χ3v) is 7.62. The SMILES string of the molecule is C=C(S/C=C(\C)Cc1cc(C)c(I)cc1C)C1CCc2ccccc2C1. The predicted molar refractivity (Wildman–Crippen MR) is 125 cm³/mol. The Labute approximate surface area is 176 Å². The molecule has 0 spiro atoms. The molecule has 0 amide bonds. The monoisotopic (exact) mass is 474 g/mol. The van der Waals surface area contributed by atoms with Crippen LogP contribution in [0.3, 0.4) is 0 Å². The zero-order valence-electron chi connectivity index (χ0n) is 15.9. The third kappa shape index (κ3) is 4.83. The number of rotatable bonds is 5. The Kier molecular flexibility index (Phi) is 6.68. The van der Waals surface area contributed by atoms with Crippen molar-refractivity contribution in [3.05, 3.63) is 90.3 Å². The van der Waals surface area contributed by atoms with Crippen molar-refractivity contribution < 1.29 is 0 Å². The second-order valence-electron chi connectivity index (χ2n) is 7.46. The number of hydrogen-bond acceptors (Lipinski definition) is 1. The molecule has 0 bridgehead atoms. The molecule has 0 radical (unpaired) electrons. The molecule has 0 fully saturated rings. The van der Waals surface area contributed by atoms with Crippen LogP contribution >= 0.6 is 34.4 Å². The Morgan fingerprint density at radius 3 is 2.69 bits per heavy atom. The quantitative estimate of drug-likeness (QED) is 0.407. The summed E-state index contributed by atoms with van der Waals surface area (Å²) in [6.07, 6.45) is 4.58. The maximum absolute atomic E-state index is 4.39. The van der Waals surface area contributed by atoms with E-state index in [1.807, 2.05) is 11.8 Å². The summed E-state index contributed by atoms with van der Waals surface area (Å²) < 4.78 is 1.35. The van der Waals surface area contributed by atoms with Gasteiger partial charge in [-0.05, 0) is 119 Å². The van der Waals surface area contributed by atoms with E-state index in [1.54, 1.807) is 0 Å². The normalized spacial score (nSPS) is 17.1. The number of aryl methyl sites for hydroxylation is 3. The molecule has 3 rings (SSSR count). The first-order chi connectivity index (χ1) is 12.4. The van der Waals surface area contributed by atoms with Crippen LogP contribution in [0, 0.1) is 23.3 Å². The number of benzene rings is 2. The lowest BCUT2D eigenvalue weighted by atomic mass is 9.84. The van der Waals surface area contributed by atoms with E-state index in [4.69, 9.17) is 0 Å². The summed E-state index contributed by atoms with van der Waals surface area (Å²) in [4.78, 5) is 1.31. The van der Waals surface area contributed by atoms with Gasteiger partial charge in [0.15, 0.2) is 0 Å². The standard InChI is InChI=1S/C24H27IS/c1-16(11-23-12-18(3)24(25)13-17(23)2)15-26-19(4)21-10-9-20-7-5-6-8-22(20)14-21/h5-8,12-13,15,21H,4,9-11,14H2,1-3H3/b16-15+. The van der Waals surface area contributed by atoms with Gasteiger partial charge in [-0.1, -0.05) is 42.5 Å². The maximum Gasteiger partial charge on any atom is 0.0162 e. The molecular weight excluding hydrogens is 447 g/mol. The van der Waals surface area contributed by atoms with Crippen LogP contribution in [-0.4, -0.2) is 0 Å². The molecule has 0 saturated heterocycles. The van der Waals surface area contributed by atoms with Gasteiger partial charge in [-0.3, -0.25) is 0 Å². The minimum Gasteiger partial charge on any atom is -0.103 e. The van der Waals surface area contributed by atoms with Gasteiger partial charge in [0.1, 0.15) is 0 Å². The predicted octanol–water partition coefficient (Wildman–Crippen LogP) is 7.41. The molecule has 1 aliphatic rings. The molecule has 2 aromatic carbocycles. The van der Waals surface area contributed by atoms with Gasteiger partial charge < -0.3 is 0 Å². The smallest absolute Gasteiger partial charge is 0.0162 e. The summed E-state index contributed by atoms with van der Waals surface area (Å²) >= 11 is 4.26. The minimum absolute atomic E-state index is 0.598. The Hall–Kier alpha value is -1.00. The van der Waals surface area contributed by atoms with Crippen molar-refractivity contribution >= 4 is 34.4 Å². The van der Waals surface area contributed by atoms with Crippen LogP contribution in [0.1, 0.15) is 41.2 Å². The number of thioether (sulfide) groups is 1. The summed E-state index contributed by atoms with van der Waals surface area (Å²) in [5.41, 5.74) is 8.65. The molecule has 0 N–H and O–H groups in total. The fourth-order valence-corrected chi connectivity index (χ4v) is 5.07. The largest absolute Gasteiger partial charge is 0.103 e. The van der Waals surface area contributed by atoms with Crippen LogP contribution in [0.25, 0.3) is 0 Å². The first-order valence-corrected chi connectivity index (χ1v) is 11.2. The highest BCUT2D eigenvalue weighted by molar-refractivity contribution is 14.1. The third-order valence-electron chi connectivity index (χ3n) is 5.30. The van der Waals surface area contributed by atoms with E-state index in [1.165, 1.54) is 54.7 Å².